The Hall–Kier alpha value is -1.58. The summed E-state index contributed by atoms with van der Waals surface area (Å²) in [6.07, 6.45) is -4.53. The van der Waals surface area contributed by atoms with Crippen LogP contribution >= 0.6 is 34.7 Å². The maximum atomic E-state index is 12.9. The number of hydrogen-bond donors (Lipinski definition) is 0. The van der Waals surface area contributed by atoms with Gasteiger partial charge >= 0.3 is 6.18 Å². The summed E-state index contributed by atoms with van der Waals surface area (Å²) in [6.45, 7) is 1.42. The Kier molecular flexibility index (Phi) is 4.44. The number of benzene rings is 1. The summed E-state index contributed by atoms with van der Waals surface area (Å²) in [5.74, 6) is 2.81. The van der Waals surface area contributed by atoms with Gasteiger partial charge in [0, 0.05) is 24.9 Å². The molecule has 2 fully saturated rings. The van der Waals surface area contributed by atoms with Crippen LogP contribution < -0.4 is 4.90 Å². The van der Waals surface area contributed by atoms with Gasteiger partial charge in [-0.05, 0) is 41.5 Å². The molecule has 1 saturated carbocycles. The van der Waals surface area contributed by atoms with Crippen molar-refractivity contribution in [1.29, 1.82) is 0 Å². The second kappa shape index (κ2) is 6.74. The lowest BCUT2D eigenvalue weighted by Gasteiger charge is -2.21. The predicted molar refractivity (Wildman–Crippen MR) is 105 cm³/mol. The normalized spacial score (nSPS) is 24.0. The van der Waals surface area contributed by atoms with Crippen molar-refractivity contribution in [3.63, 3.8) is 0 Å². The zero-order valence-electron chi connectivity index (χ0n) is 14.4. The fourth-order valence-electron chi connectivity index (χ4n) is 3.88. The van der Waals surface area contributed by atoms with Gasteiger partial charge in [-0.3, -0.25) is 0 Å². The molecular formula is C18H14ClF3N4S2. The average molecular weight is 443 g/mol. The summed E-state index contributed by atoms with van der Waals surface area (Å²) in [4.78, 5) is 13.8. The quantitative estimate of drug-likeness (QED) is 0.408. The van der Waals surface area contributed by atoms with Gasteiger partial charge in [0.25, 0.3) is 0 Å². The molecule has 0 unspecified atom stereocenters. The zero-order chi connectivity index (χ0) is 19.5. The molecule has 4 nitrogen and oxygen atoms in total. The van der Waals surface area contributed by atoms with Gasteiger partial charge in [0.1, 0.15) is 5.82 Å². The number of anilines is 1. The van der Waals surface area contributed by atoms with E-state index in [9.17, 15) is 13.2 Å². The third kappa shape index (κ3) is 3.44. The molecule has 2 aromatic heterocycles. The minimum absolute atomic E-state index is 0.261. The minimum Gasteiger partial charge on any atom is -0.356 e. The maximum Gasteiger partial charge on any atom is 0.433 e. The number of thioether (sulfide) groups is 1. The second-order valence-corrected chi connectivity index (χ2v) is 9.67. The Bertz CT molecular complexity index is 996. The van der Waals surface area contributed by atoms with E-state index in [1.54, 1.807) is 23.1 Å². The molecule has 0 N–H and O–H groups in total. The molecule has 1 aliphatic heterocycles. The molecule has 28 heavy (non-hydrogen) atoms. The van der Waals surface area contributed by atoms with Gasteiger partial charge in [0.15, 0.2) is 10.0 Å². The van der Waals surface area contributed by atoms with E-state index in [1.165, 1.54) is 4.70 Å². The smallest absolute Gasteiger partial charge is 0.356 e. The first-order chi connectivity index (χ1) is 13.4. The third-order valence-corrected chi connectivity index (χ3v) is 7.84. The summed E-state index contributed by atoms with van der Waals surface area (Å²) in [5.41, 5.74) is 0.0318. The summed E-state index contributed by atoms with van der Waals surface area (Å²) >= 11 is 9.18. The maximum absolute atomic E-state index is 12.9. The van der Waals surface area contributed by atoms with E-state index in [2.05, 4.69) is 21.0 Å². The fraction of sp³-hybridized carbons (Fsp3) is 0.389. The van der Waals surface area contributed by atoms with Gasteiger partial charge in [0.05, 0.1) is 10.2 Å². The van der Waals surface area contributed by atoms with E-state index in [0.29, 0.717) is 30.8 Å². The summed E-state index contributed by atoms with van der Waals surface area (Å²) in [5, 5.41) is -0.367. The van der Waals surface area contributed by atoms with Crippen molar-refractivity contribution in [2.24, 2.45) is 17.8 Å². The number of hydrogen-bond acceptors (Lipinski definition) is 6. The van der Waals surface area contributed by atoms with Gasteiger partial charge in [-0.25, -0.2) is 15.0 Å². The summed E-state index contributed by atoms with van der Waals surface area (Å²) in [7, 11) is 0. The highest BCUT2D eigenvalue weighted by Gasteiger charge is 2.55. The monoisotopic (exact) mass is 442 g/mol. The largest absolute Gasteiger partial charge is 0.433 e. The van der Waals surface area contributed by atoms with E-state index in [0.717, 1.165) is 21.7 Å². The van der Waals surface area contributed by atoms with E-state index in [4.69, 9.17) is 11.6 Å². The van der Waals surface area contributed by atoms with Crippen LogP contribution in [0.3, 0.4) is 0 Å². The van der Waals surface area contributed by atoms with Crippen LogP contribution in [0.1, 0.15) is 5.69 Å². The first kappa shape index (κ1) is 18.4. The highest BCUT2D eigenvalue weighted by atomic mass is 35.5. The molecule has 1 saturated heterocycles. The van der Waals surface area contributed by atoms with Crippen molar-refractivity contribution in [2.75, 3.05) is 23.7 Å². The van der Waals surface area contributed by atoms with E-state index in [-0.39, 0.29) is 11.1 Å². The SMILES string of the molecule is FC(F)(F)c1cc(N2C[C@@H]3[C@@H](CSc4nc5ccccc5s4)[C@@H]3C2)nc(Cl)n1. The van der Waals surface area contributed by atoms with Gasteiger partial charge in [-0.2, -0.15) is 13.2 Å². The van der Waals surface area contributed by atoms with Gasteiger partial charge in [-0.15, -0.1) is 11.3 Å². The van der Waals surface area contributed by atoms with Crippen molar-refractivity contribution in [2.45, 2.75) is 10.5 Å². The molecule has 0 spiro atoms. The first-order valence-electron chi connectivity index (χ1n) is 8.73. The number of nitrogens with zero attached hydrogens (tertiary/aromatic N) is 4. The number of alkyl halides is 3. The number of para-hydroxylation sites is 1. The van der Waals surface area contributed by atoms with Crippen LogP contribution in [0.15, 0.2) is 34.7 Å². The van der Waals surface area contributed by atoms with Crippen molar-refractivity contribution in [3.8, 4) is 0 Å². The Morgan fingerprint density at radius 2 is 1.89 bits per heavy atom. The predicted octanol–water partition coefficient (Wildman–Crippen LogP) is 5.23. The van der Waals surface area contributed by atoms with Crippen LogP contribution in [-0.4, -0.2) is 33.8 Å². The summed E-state index contributed by atoms with van der Waals surface area (Å²) in [6, 6.07) is 9.07. The number of halogens is 4. The standard InChI is InChI=1S/C18H14ClF3N4S2/c19-16-24-14(18(20,21)22)5-15(25-16)26-6-9-10(7-26)11(9)8-27-17-23-12-3-1-2-4-13(12)28-17/h1-5,9-11H,6-8H2/t9-,10+,11+. The fourth-order valence-corrected chi connectivity index (χ4v) is 6.45. The molecule has 10 heteroatoms. The molecule has 1 aromatic carbocycles. The van der Waals surface area contributed by atoms with E-state index >= 15 is 0 Å². The topological polar surface area (TPSA) is 41.9 Å². The molecule has 0 bridgehead atoms. The lowest BCUT2D eigenvalue weighted by Crippen LogP contribution is -2.26. The van der Waals surface area contributed by atoms with Gasteiger partial charge < -0.3 is 4.90 Å². The number of fused-ring (bicyclic) bond motifs is 2. The highest BCUT2D eigenvalue weighted by molar-refractivity contribution is 8.01. The molecule has 2 aliphatic rings. The van der Waals surface area contributed by atoms with Crippen molar-refractivity contribution < 1.29 is 13.2 Å². The van der Waals surface area contributed by atoms with Gasteiger partial charge in [0.2, 0.25) is 5.28 Å². The molecule has 3 atom stereocenters. The van der Waals surface area contributed by atoms with Crippen molar-refractivity contribution >= 4 is 50.7 Å². The number of thiazole rings is 1. The van der Waals surface area contributed by atoms with Crippen LogP contribution in [0.5, 0.6) is 0 Å². The minimum atomic E-state index is -4.53. The van der Waals surface area contributed by atoms with Crippen molar-refractivity contribution in [1.82, 2.24) is 15.0 Å². The third-order valence-electron chi connectivity index (χ3n) is 5.34. The Morgan fingerprint density at radius 3 is 2.61 bits per heavy atom. The van der Waals surface area contributed by atoms with Crippen LogP contribution in [0, 0.1) is 17.8 Å². The average Bonchev–Trinajstić information content (AvgIpc) is 3.00. The Labute approximate surface area is 172 Å². The Balaban J connectivity index is 1.21. The highest BCUT2D eigenvalue weighted by Crippen LogP contribution is 2.54. The molecule has 0 radical (unpaired) electrons. The van der Waals surface area contributed by atoms with Crippen LogP contribution in [-0.2, 0) is 6.18 Å². The first-order valence-corrected chi connectivity index (χ1v) is 10.9. The molecule has 1 aliphatic carbocycles. The second-order valence-electron chi connectivity index (χ2n) is 7.03. The molecule has 0 amide bonds. The molecule has 3 heterocycles. The Morgan fingerprint density at radius 1 is 1.14 bits per heavy atom. The zero-order valence-corrected chi connectivity index (χ0v) is 16.7. The van der Waals surface area contributed by atoms with Crippen molar-refractivity contribution in [3.05, 3.63) is 41.3 Å². The molecule has 146 valence electrons. The molecular weight excluding hydrogens is 429 g/mol. The molecule has 3 aromatic rings. The number of rotatable bonds is 4. The lowest BCUT2D eigenvalue weighted by molar-refractivity contribution is -0.141. The van der Waals surface area contributed by atoms with E-state index in [1.807, 2.05) is 23.1 Å². The number of piperidine rings is 1. The van der Waals surface area contributed by atoms with E-state index < -0.39 is 11.9 Å². The van der Waals surface area contributed by atoms with Crippen LogP contribution in [0.2, 0.25) is 5.28 Å². The molecule has 5 rings (SSSR count). The summed E-state index contributed by atoms with van der Waals surface area (Å²) < 4.78 is 41.1. The lowest BCUT2D eigenvalue weighted by atomic mass is 10.3. The number of aromatic nitrogens is 3. The van der Waals surface area contributed by atoms with Gasteiger partial charge in [-0.1, -0.05) is 23.9 Å². The van der Waals surface area contributed by atoms with Crippen LogP contribution in [0.25, 0.3) is 10.2 Å². The van der Waals surface area contributed by atoms with Crippen LogP contribution in [0.4, 0.5) is 19.0 Å².